The molecule has 4 nitrogen and oxygen atoms in total. The minimum atomic E-state index is 0.00778. The Hall–Kier alpha value is -1.39. The molecule has 20 heavy (non-hydrogen) atoms. The van der Waals surface area contributed by atoms with Crippen LogP contribution in [0.1, 0.15) is 38.2 Å². The summed E-state index contributed by atoms with van der Waals surface area (Å²) in [6, 6.07) is 8.71. The van der Waals surface area contributed by atoms with Crippen molar-refractivity contribution in [1.82, 2.24) is 5.32 Å². The molecule has 1 aromatic carbocycles. The SMILES string of the molecule is CCCOCCC(=O)Nc1cccc(CNC2CC2)c1. The van der Waals surface area contributed by atoms with Gasteiger partial charge in [0.15, 0.2) is 0 Å². The maximum Gasteiger partial charge on any atom is 0.226 e. The van der Waals surface area contributed by atoms with E-state index in [2.05, 4.69) is 23.6 Å². The predicted octanol–water partition coefficient (Wildman–Crippen LogP) is 2.69. The van der Waals surface area contributed by atoms with Crippen LogP contribution in [0.2, 0.25) is 0 Å². The lowest BCUT2D eigenvalue weighted by molar-refractivity contribution is -0.117. The molecule has 1 aliphatic carbocycles. The molecule has 0 heterocycles. The summed E-state index contributed by atoms with van der Waals surface area (Å²) in [4.78, 5) is 11.8. The topological polar surface area (TPSA) is 50.4 Å². The molecule has 1 aromatic rings. The van der Waals surface area contributed by atoms with Gasteiger partial charge in [-0.3, -0.25) is 4.79 Å². The predicted molar refractivity (Wildman–Crippen MR) is 80.7 cm³/mol. The lowest BCUT2D eigenvalue weighted by Crippen LogP contribution is -2.16. The molecule has 0 aromatic heterocycles. The van der Waals surface area contributed by atoms with E-state index in [4.69, 9.17) is 4.74 Å². The average Bonchev–Trinajstić information content (AvgIpc) is 3.26. The van der Waals surface area contributed by atoms with E-state index in [1.165, 1.54) is 18.4 Å². The first-order valence-electron chi connectivity index (χ1n) is 7.48. The largest absolute Gasteiger partial charge is 0.381 e. The Morgan fingerprint density at radius 2 is 2.20 bits per heavy atom. The fourth-order valence-electron chi connectivity index (χ4n) is 1.94. The van der Waals surface area contributed by atoms with Gasteiger partial charge in [-0.1, -0.05) is 19.1 Å². The normalized spacial score (nSPS) is 14.2. The van der Waals surface area contributed by atoms with Gasteiger partial charge in [0.05, 0.1) is 13.0 Å². The Morgan fingerprint density at radius 1 is 1.35 bits per heavy atom. The molecule has 0 saturated heterocycles. The highest BCUT2D eigenvalue weighted by Crippen LogP contribution is 2.19. The molecule has 0 unspecified atom stereocenters. The zero-order valence-corrected chi connectivity index (χ0v) is 12.2. The molecule has 0 bridgehead atoms. The van der Waals surface area contributed by atoms with Crippen LogP contribution in [0, 0.1) is 0 Å². The first-order chi connectivity index (χ1) is 9.78. The van der Waals surface area contributed by atoms with Gasteiger partial charge in [0.25, 0.3) is 0 Å². The molecule has 1 aliphatic rings. The molecule has 1 amide bonds. The third-order valence-electron chi connectivity index (χ3n) is 3.20. The van der Waals surface area contributed by atoms with Gasteiger partial charge in [0, 0.05) is 24.9 Å². The van der Waals surface area contributed by atoms with E-state index in [1.807, 2.05) is 18.2 Å². The Kier molecular flexibility index (Phi) is 6.02. The van der Waals surface area contributed by atoms with Crippen molar-refractivity contribution in [2.24, 2.45) is 0 Å². The quantitative estimate of drug-likeness (QED) is 0.682. The van der Waals surface area contributed by atoms with Gasteiger partial charge in [-0.25, -0.2) is 0 Å². The van der Waals surface area contributed by atoms with Crippen LogP contribution in [0.5, 0.6) is 0 Å². The van der Waals surface area contributed by atoms with Crippen molar-refractivity contribution in [3.05, 3.63) is 29.8 Å². The summed E-state index contributed by atoms with van der Waals surface area (Å²) in [7, 11) is 0. The van der Waals surface area contributed by atoms with Gasteiger partial charge in [-0.05, 0) is 37.0 Å². The van der Waals surface area contributed by atoms with Crippen LogP contribution in [-0.2, 0) is 16.1 Å². The first kappa shape index (κ1) is 15.0. The maximum absolute atomic E-state index is 11.8. The molecule has 0 aliphatic heterocycles. The zero-order valence-electron chi connectivity index (χ0n) is 12.2. The summed E-state index contributed by atoms with van der Waals surface area (Å²) in [5.41, 5.74) is 2.07. The fraction of sp³-hybridized carbons (Fsp3) is 0.562. The molecule has 2 rings (SSSR count). The number of anilines is 1. The van der Waals surface area contributed by atoms with Crippen LogP contribution in [0.4, 0.5) is 5.69 Å². The second-order valence-corrected chi connectivity index (χ2v) is 5.27. The van der Waals surface area contributed by atoms with Crippen LogP contribution in [0.15, 0.2) is 24.3 Å². The number of carbonyl (C=O) groups is 1. The average molecular weight is 276 g/mol. The zero-order chi connectivity index (χ0) is 14.2. The number of amides is 1. The lowest BCUT2D eigenvalue weighted by Gasteiger charge is -2.08. The van der Waals surface area contributed by atoms with Gasteiger partial charge in [0.2, 0.25) is 5.91 Å². The molecule has 110 valence electrons. The molecule has 1 fully saturated rings. The second kappa shape index (κ2) is 8.02. The summed E-state index contributed by atoms with van der Waals surface area (Å²) in [6.07, 6.45) is 3.96. The van der Waals surface area contributed by atoms with Gasteiger partial charge >= 0.3 is 0 Å². The number of ether oxygens (including phenoxy) is 1. The molecule has 2 N–H and O–H groups in total. The van der Waals surface area contributed by atoms with E-state index in [9.17, 15) is 4.79 Å². The minimum absolute atomic E-state index is 0.00778. The summed E-state index contributed by atoms with van der Waals surface area (Å²) in [6.45, 7) is 4.13. The molecule has 0 atom stereocenters. The van der Waals surface area contributed by atoms with E-state index >= 15 is 0 Å². The highest BCUT2D eigenvalue weighted by molar-refractivity contribution is 5.90. The molecule has 4 heteroatoms. The molecular weight excluding hydrogens is 252 g/mol. The lowest BCUT2D eigenvalue weighted by atomic mass is 10.2. The van der Waals surface area contributed by atoms with Crippen molar-refractivity contribution in [3.8, 4) is 0 Å². The van der Waals surface area contributed by atoms with Crippen molar-refractivity contribution < 1.29 is 9.53 Å². The molecule has 1 saturated carbocycles. The maximum atomic E-state index is 11.8. The number of carbonyl (C=O) groups excluding carboxylic acids is 1. The summed E-state index contributed by atoms with van der Waals surface area (Å²) in [5.74, 6) is 0.00778. The summed E-state index contributed by atoms with van der Waals surface area (Å²) < 4.78 is 5.32. The van der Waals surface area contributed by atoms with Crippen molar-refractivity contribution >= 4 is 11.6 Å². The Bertz CT molecular complexity index is 430. The standard InChI is InChI=1S/C16H24N2O2/c1-2-9-20-10-8-16(19)18-15-5-3-4-13(11-15)12-17-14-6-7-14/h3-5,11,14,17H,2,6-10,12H2,1H3,(H,18,19). The van der Waals surface area contributed by atoms with Crippen LogP contribution >= 0.6 is 0 Å². The van der Waals surface area contributed by atoms with Gasteiger partial charge < -0.3 is 15.4 Å². The van der Waals surface area contributed by atoms with Crippen LogP contribution in [0.3, 0.4) is 0 Å². The third kappa shape index (κ3) is 5.72. The minimum Gasteiger partial charge on any atom is -0.381 e. The van der Waals surface area contributed by atoms with Crippen molar-refractivity contribution in [2.45, 2.75) is 45.2 Å². The van der Waals surface area contributed by atoms with E-state index in [-0.39, 0.29) is 5.91 Å². The summed E-state index contributed by atoms with van der Waals surface area (Å²) >= 11 is 0. The number of hydrogen-bond acceptors (Lipinski definition) is 3. The van der Waals surface area contributed by atoms with Crippen molar-refractivity contribution in [3.63, 3.8) is 0 Å². The number of benzene rings is 1. The van der Waals surface area contributed by atoms with Crippen LogP contribution < -0.4 is 10.6 Å². The Balaban J connectivity index is 1.73. The van der Waals surface area contributed by atoms with Gasteiger partial charge in [-0.15, -0.1) is 0 Å². The molecular formula is C16H24N2O2. The van der Waals surface area contributed by atoms with Crippen molar-refractivity contribution in [1.29, 1.82) is 0 Å². The Labute approximate surface area is 120 Å². The third-order valence-corrected chi connectivity index (χ3v) is 3.20. The van der Waals surface area contributed by atoms with E-state index in [1.54, 1.807) is 0 Å². The van der Waals surface area contributed by atoms with Gasteiger partial charge in [-0.2, -0.15) is 0 Å². The number of nitrogens with one attached hydrogen (secondary N) is 2. The smallest absolute Gasteiger partial charge is 0.226 e. The van der Waals surface area contributed by atoms with Gasteiger partial charge in [0.1, 0.15) is 0 Å². The van der Waals surface area contributed by atoms with E-state index < -0.39 is 0 Å². The second-order valence-electron chi connectivity index (χ2n) is 5.27. The monoisotopic (exact) mass is 276 g/mol. The van der Waals surface area contributed by atoms with Crippen molar-refractivity contribution in [2.75, 3.05) is 18.5 Å². The van der Waals surface area contributed by atoms with Crippen LogP contribution in [-0.4, -0.2) is 25.2 Å². The van der Waals surface area contributed by atoms with E-state index in [0.29, 0.717) is 19.1 Å². The molecule has 0 spiro atoms. The summed E-state index contributed by atoms with van der Waals surface area (Å²) in [5, 5.41) is 6.38. The highest BCUT2D eigenvalue weighted by atomic mass is 16.5. The number of hydrogen-bond donors (Lipinski definition) is 2. The molecule has 0 radical (unpaired) electrons. The van der Waals surface area contributed by atoms with Crippen LogP contribution in [0.25, 0.3) is 0 Å². The highest BCUT2D eigenvalue weighted by Gasteiger charge is 2.19. The first-order valence-corrected chi connectivity index (χ1v) is 7.48. The Morgan fingerprint density at radius 3 is 2.95 bits per heavy atom. The van der Waals surface area contributed by atoms with E-state index in [0.717, 1.165) is 25.3 Å². The number of rotatable bonds is 9. The fourth-order valence-corrected chi connectivity index (χ4v) is 1.94.